The van der Waals surface area contributed by atoms with Crippen LogP contribution in [-0.2, 0) is 14.8 Å². The summed E-state index contributed by atoms with van der Waals surface area (Å²) in [5, 5.41) is 3.18. The maximum absolute atomic E-state index is 13.0. The lowest BCUT2D eigenvalue weighted by Gasteiger charge is -2.22. The Labute approximate surface area is 165 Å². The summed E-state index contributed by atoms with van der Waals surface area (Å²) in [5.74, 6) is -0.703. The Balaban J connectivity index is 1.95. The van der Waals surface area contributed by atoms with Gasteiger partial charge in [0.15, 0.2) is 0 Å². The molecule has 9 heteroatoms. The average Bonchev–Trinajstić information content (AvgIpc) is 2.55. The molecule has 0 atom stereocenters. The van der Waals surface area contributed by atoms with Gasteiger partial charge in [-0.1, -0.05) is 11.6 Å². The highest BCUT2D eigenvalue weighted by atomic mass is 79.9. The molecule has 0 aliphatic heterocycles. The highest BCUT2D eigenvalue weighted by molar-refractivity contribution is 9.10. The molecule has 0 aliphatic rings. The number of rotatable bonds is 7. The van der Waals surface area contributed by atoms with Crippen molar-refractivity contribution in [1.82, 2.24) is 0 Å². The first-order chi connectivity index (χ1) is 12.2. The van der Waals surface area contributed by atoms with E-state index in [1.165, 1.54) is 24.3 Å². The number of amides is 1. The number of nitrogens with one attached hydrogen (secondary N) is 1. The van der Waals surface area contributed by atoms with E-state index in [2.05, 4.69) is 21.2 Å². The zero-order valence-electron chi connectivity index (χ0n) is 13.9. The predicted octanol–water partition coefficient (Wildman–Crippen LogP) is 4.43. The fourth-order valence-electron chi connectivity index (χ4n) is 2.27. The maximum Gasteiger partial charge on any atom is 0.232 e. The van der Waals surface area contributed by atoms with E-state index in [1.54, 1.807) is 18.2 Å². The van der Waals surface area contributed by atoms with Crippen molar-refractivity contribution in [2.75, 3.05) is 22.4 Å². The molecule has 2 rings (SSSR count). The number of halogens is 3. The van der Waals surface area contributed by atoms with Gasteiger partial charge in [-0.15, -0.1) is 0 Å². The quantitative estimate of drug-likeness (QED) is 0.661. The monoisotopic (exact) mass is 462 g/mol. The summed E-state index contributed by atoms with van der Waals surface area (Å²) in [7, 11) is -3.54. The molecule has 0 saturated heterocycles. The van der Waals surface area contributed by atoms with E-state index < -0.39 is 15.8 Å². The molecule has 0 aromatic heterocycles. The number of sulfonamides is 1. The van der Waals surface area contributed by atoms with Crippen LogP contribution in [0.25, 0.3) is 0 Å². The first-order valence-corrected chi connectivity index (χ1v) is 10.7. The molecule has 2 aromatic rings. The second-order valence-corrected chi connectivity index (χ2v) is 8.76. The van der Waals surface area contributed by atoms with Crippen molar-refractivity contribution in [1.29, 1.82) is 0 Å². The van der Waals surface area contributed by atoms with Gasteiger partial charge in [-0.3, -0.25) is 9.10 Å². The topological polar surface area (TPSA) is 66.5 Å². The molecule has 0 radical (unpaired) electrons. The molecular formula is C17H17BrClFN2O3S. The van der Waals surface area contributed by atoms with Gasteiger partial charge in [-0.2, -0.15) is 0 Å². The predicted molar refractivity (Wildman–Crippen MR) is 106 cm³/mol. The van der Waals surface area contributed by atoms with Gasteiger partial charge < -0.3 is 5.32 Å². The SMILES string of the molecule is CS(=O)(=O)N(CCCC(=O)Nc1ccc(Br)c(Cl)c1)c1ccc(F)cc1. The summed E-state index contributed by atoms with van der Waals surface area (Å²) in [5.41, 5.74) is 0.913. The fraction of sp³-hybridized carbons (Fsp3) is 0.235. The Hall–Kier alpha value is -1.64. The number of carbonyl (C=O) groups is 1. The maximum atomic E-state index is 13.0. The van der Waals surface area contributed by atoms with Crippen molar-refractivity contribution >= 4 is 54.8 Å². The molecule has 5 nitrogen and oxygen atoms in total. The summed E-state index contributed by atoms with van der Waals surface area (Å²) in [4.78, 5) is 12.0. The zero-order chi connectivity index (χ0) is 19.3. The standard InChI is InChI=1S/C17H17BrClFN2O3S/c1-26(24,25)22(14-7-4-12(20)5-8-14)10-2-3-17(23)21-13-6-9-15(18)16(19)11-13/h4-9,11H,2-3,10H2,1H3,(H,21,23). The van der Waals surface area contributed by atoms with E-state index >= 15 is 0 Å². The second kappa shape index (κ2) is 8.83. The summed E-state index contributed by atoms with van der Waals surface area (Å²) in [6, 6.07) is 10.2. The number of nitrogens with zero attached hydrogens (tertiary/aromatic N) is 1. The molecule has 0 spiro atoms. The van der Waals surface area contributed by atoms with E-state index in [0.717, 1.165) is 15.0 Å². The second-order valence-electron chi connectivity index (χ2n) is 5.59. The van der Waals surface area contributed by atoms with Crippen LogP contribution in [0, 0.1) is 5.82 Å². The van der Waals surface area contributed by atoms with Crippen LogP contribution in [0.2, 0.25) is 5.02 Å². The van der Waals surface area contributed by atoms with Crippen molar-refractivity contribution < 1.29 is 17.6 Å². The van der Waals surface area contributed by atoms with Gasteiger partial charge in [0.2, 0.25) is 15.9 Å². The highest BCUT2D eigenvalue weighted by Gasteiger charge is 2.17. The van der Waals surface area contributed by atoms with Crippen molar-refractivity contribution in [2.24, 2.45) is 0 Å². The molecule has 0 bridgehead atoms. The van der Waals surface area contributed by atoms with Gasteiger partial charge >= 0.3 is 0 Å². The average molecular weight is 464 g/mol. The third kappa shape index (κ3) is 5.96. The minimum Gasteiger partial charge on any atom is -0.326 e. The Kier molecular flexibility index (Phi) is 7.02. The molecule has 0 fully saturated rings. The van der Waals surface area contributed by atoms with Crippen LogP contribution in [0.15, 0.2) is 46.9 Å². The largest absolute Gasteiger partial charge is 0.326 e. The van der Waals surface area contributed by atoms with E-state index in [-0.39, 0.29) is 18.9 Å². The number of anilines is 2. The third-order valence-corrected chi connectivity index (χ3v) is 5.91. The Bertz CT molecular complexity index is 891. The fourth-order valence-corrected chi connectivity index (χ4v) is 3.67. The molecule has 2 aromatic carbocycles. The van der Waals surface area contributed by atoms with Gasteiger partial charge in [0.1, 0.15) is 5.82 Å². The van der Waals surface area contributed by atoms with E-state index in [9.17, 15) is 17.6 Å². The molecule has 1 N–H and O–H groups in total. The molecule has 0 saturated carbocycles. The van der Waals surface area contributed by atoms with Gasteiger partial charge in [-0.25, -0.2) is 12.8 Å². The van der Waals surface area contributed by atoms with Crippen molar-refractivity contribution in [3.05, 3.63) is 57.8 Å². The number of hydrogen-bond acceptors (Lipinski definition) is 3. The van der Waals surface area contributed by atoms with Gasteiger partial charge in [0.25, 0.3) is 0 Å². The van der Waals surface area contributed by atoms with Crippen LogP contribution in [0.4, 0.5) is 15.8 Å². The van der Waals surface area contributed by atoms with Crippen LogP contribution >= 0.6 is 27.5 Å². The van der Waals surface area contributed by atoms with Crippen molar-refractivity contribution in [3.8, 4) is 0 Å². The van der Waals surface area contributed by atoms with Crippen LogP contribution in [-0.4, -0.2) is 27.1 Å². The van der Waals surface area contributed by atoms with E-state index in [4.69, 9.17) is 11.6 Å². The zero-order valence-corrected chi connectivity index (χ0v) is 17.0. The summed E-state index contributed by atoms with van der Waals surface area (Å²) >= 11 is 9.24. The van der Waals surface area contributed by atoms with Crippen LogP contribution in [0.3, 0.4) is 0 Å². The lowest BCUT2D eigenvalue weighted by Crippen LogP contribution is -2.31. The Morgan fingerprint density at radius 2 is 1.88 bits per heavy atom. The molecule has 26 heavy (non-hydrogen) atoms. The lowest BCUT2D eigenvalue weighted by atomic mass is 10.2. The first kappa shape index (κ1) is 20.7. The van der Waals surface area contributed by atoms with Crippen LogP contribution in [0.5, 0.6) is 0 Å². The van der Waals surface area contributed by atoms with Gasteiger partial charge in [-0.05, 0) is 64.8 Å². The Morgan fingerprint density at radius 3 is 2.46 bits per heavy atom. The molecule has 0 unspecified atom stereocenters. The Morgan fingerprint density at radius 1 is 1.23 bits per heavy atom. The summed E-state index contributed by atoms with van der Waals surface area (Å²) in [6.07, 6.45) is 1.50. The van der Waals surface area contributed by atoms with Crippen LogP contribution < -0.4 is 9.62 Å². The smallest absolute Gasteiger partial charge is 0.232 e. The van der Waals surface area contributed by atoms with Crippen molar-refractivity contribution in [3.63, 3.8) is 0 Å². The summed E-state index contributed by atoms with van der Waals surface area (Å²) in [6.45, 7) is 0.110. The normalized spacial score (nSPS) is 11.2. The molecule has 140 valence electrons. The number of benzene rings is 2. The summed E-state index contributed by atoms with van der Waals surface area (Å²) < 4.78 is 38.8. The van der Waals surface area contributed by atoms with E-state index in [1.807, 2.05) is 0 Å². The van der Waals surface area contributed by atoms with Gasteiger partial charge in [0, 0.05) is 23.1 Å². The molecule has 0 aliphatic carbocycles. The van der Waals surface area contributed by atoms with Crippen molar-refractivity contribution in [2.45, 2.75) is 12.8 Å². The highest BCUT2D eigenvalue weighted by Crippen LogP contribution is 2.25. The molecule has 0 heterocycles. The number of carbonyl (C=O) groups excluding carboxylic acids is 1. The van der Waals surface area contributed by atoms with Crippen LogP contribution in [0.1, 0.15) is 12.8 Å². The van der Waals surface area contributed by atoms with Gasteiger partial charge in [0.05, 0.1) is 17.0 Å². The minimum atomic E-state index is -3.54. The molecular weight excluding hydrogens is 447 g/mol. The molecule has 1 amide bonds. The minimum absolute atomic E-state index is 0.110. The third-order valence-electron chi connectivity index (χ3n) is 3.48. The first-order valence-electron chi connectivity index (χ1n) is 7.65. The number of hydrogen-bond donors (Lipinski definition) is 1. The van der Waals surface area contributed by atoms with E-state index in [0.29, 0.717) is 22.8 Å². The lowest BCUT2D eigenvalue weighted by molar-refractivity contribution is -0.116.